The summed E-state index contributed by atoms with van der Waals surface area (Å²) in [5.41, 5.74) is 0.403. The van der Waals surface area contributed by atoms with Gasteiger partial charge in [-0.15, -0.1) is 0 Å². The van der Waals surface area contributed by atoms with Gasteiger partial charge in [0.05, 0.1) is 6.61 Å². The smallest absolute Gasteiger partial charge is 0.166 e. The molecule has 1 heterocycles. The first-order chi connectivity index (χ1) is 6.61. The molecular formula is C11H12F2O. The van der Waals surface area contributed by atoms with Crippen molar-refractivity contribution in [1.29, 1.82) is 0 Å². The molecule has 0 radical (unpaired) electrons. The second-order valence-corrected chi connectivity index (χ2v) is 3.93. The molecular weight excluding hydrogens is 186 g/mol. The van der Waals surface area contributed by atoms with Crippen molar-refractivity contribution < 1.29 is 13.5 Å². The molecule has 76 valence electrons. The molecule has 1 aromatic rings. The van der Waals surface area contributed by atoms with E-state index >= 15 is 0 Å². The van der Waals surface area contributed by atoms with E-state index in [1.807, 2.05) is 13.8 Å². The largest absolute Gasteiger partial charge is 0.493 e. The first-order valence-electron chi connectivity index (χ1n) is 4.72. The summed E-state index contributed by atoms with van der Waals surface area (Å²) >= 11 is 0. The van der Waals surface area contributed by atoms with Gasteiger partial charge < -0.3 is 4.74 Å². The van der Waals surface area contributed by atoms with E-state index in [1.54, 1.807) is 0 Å². The van der Waals surface area contributed by atoms with Gasteiger partial charge in [0, 0.05) is 11.5 Å². The molecule has 0 aromatic heterocycles. The summed E-state index contributed by atoms with van der Waals surface area (Å²) in [6.45, 7) is 4.41. The van der Waals surface area contributed by atoms with Crippen molar-refractivity contribution in [2.24, 2.45) is 5.92 Å². The van der Waals surface area contributed by atoms with Crippen LogP contribution in [0.4, 0.5) is 8.78 Å². The van der Waals surface area contributed by atoms with E-state index in [1.165, 1.54) is 6.07 Å². The number of benzene rings is 1. The summed E-state index contributed by atoms with van der Waals surface area (Å²) in [5.74, 6) is -0.825. The van der Waals surface area contributed by atoms with E-state index in [-0.39, 0.29) is 11.8 Å². The summed E-state index contributed by atoms with van der Waals surface area (Å²) in [4.78, 5) is 0. The van der Waals surface area contributed by atoms with Gasteiger partial charge in [-0.2, -0.15) is 0 Å². The summed E-state index contributed by atoms with van der Waals surface area (Å²) in [6, 6.07) is 2.60. The molecule has 0 aliphatic carbocycles. The monoisotopic (exact) mass is 198 g/mol. The Morgan fingerprint density at radius 1 is 1.36 bits per heavy atom. The van der Waals surface area contributed by atoms with E-state index in [4.69, 9.17) is 4.74 Å². The molecule has 2 rings (SSSR count). The number of hydrogen-bond acceptors (Lipinski definition) is 1. The molecule has 3 heteroatoms. The second-order valence-electron chi connectivity index (χ2n) is 3.93. The van der Waals surface area contributed by atoms with Crippen LogP contribution in [0.15, 0.2) is 12.1 Å². The molecule has 0 saturated heterocycles. The Morgan fingerprint density at radius 2 is 2.07 bits per heavy atom. The normalized spacial score (nSPS) is 19.6. The highest BCUT2D eigenvalue weighted by Crippen LogP contribution is 2.40. The van der Waals surface area contributed by atoms with Crippen molar-refractivity contribution in [3.05, 3.63) is 29.3 Å². The maximum atomic E-state index is 13.5. The van der Waals surface area contributed by atoms with Crippen LogP contribution in [0.25, 0.3) is 0 Å². The zero-order chi connectivity index (χ0) is 10.3. The average Bonchev–Trinajstić information content (AvgIpc) is 2.55. The molecule has 14 heavy (non-hydrogen) atoms. The van der Waals surface area contributed by atoms with Gasteiger partial charge in [-0.25, -0.2) is 8.78 Å². The van der Waals surface area contributed by atoms with Crippen LogP contribution in [-0.2, 0) is 0 Å². The fourth-order valence-corrected chi connectivity index (χ4v) is 1.81. The van der Waals surface area contributed by atoms with Gasteiger partial charge >= 0.3 is 0 Å². The van der Waals surface area contributed by atoms with Crippen molar-refractivity contribution in [3.8, 4) is 5.75 Å². The highest BCUT2D eigenvalue weighted by Gasteiger charge is 2.31. The van der Waals surface area contributed by atoms with Crippen LogP contribution in [-0.4, -0.2) is 6.61 Å². The molecule has 1 aliphatic rings. The lowest BCUT2D eigenvalue weighted by molar-refractivity contribution is 0.303. The molecule has 1 unspecified atom stereocenters. The Labute approximate surface area is 81.7 Å². The minimum Gasteiger partial charge on any atom is -0.493 e. The van der Waals surface area contributed by atoms with Crippen molar-refractivity contribution in [2.45, 2.75) is 19.8 Å². The molecule has 0 saturated carbocycles. The minimum absolute atomic E-state index is 0.0271. The van der Waals surface area contributed by atoms with Crippen molar-refractivity contribution in [1.82, 2.24) is 0 Å². The van der Waals surface area contributed by atoms with Gasteiger partial charge in [-0.05, 0) is 18.1 Å². The number of hydrogen-bond donors (Lipinski definition) is 0. The molecule has 0 fully saturated rings. The van der Waals surface area contributed by atoms with Gasteiger partial charge in [0.15, 0.2) is 11.6 Å². The van der Waals surface area contributed by atoms with Crippen molar-refractivity contribution in [3.63, 3.8) is 0 Å². The highest BCUT2D eigenvalue weighted by molar-refractivity contribution is 5.41. The van der Waals surface area contributed by atoms with E-state index in [9.17, 15) is 8.78 Å². The number of ether oxygens (including phenoxy) is 1. The molecule has 0 N–H and O–H groups in total. The van der Waals surface area contributed by atoms with Gasteiger partial charge in [-0.1, -0.05) is 13.8 Å². The lowest BCUT2D eigenvalue weighted by Gasteiger charge is -2.13. The number of rotatable bonds is 1. The lowest BCUT2D eigenvalue weighted by atomic mass is 9.90. The Balaban J connectivity index is 2.52. The van der Waals surface area contributed by atoms with Gasteiger partial charge in [0.1, 0.15) is 5.75 Å². The maximum absolute atomic E-state index is 13.5. The molecule has 1 aromatic carbocycles. The van der Waals surface area contributed by atoms with Crippen LogP contribution in [0, 0.1) is 17.6 Å². The zero-order valence-electron chi connectivity index (χ0n) is 8.18. The van der Waals surface area contributed by atoms with Crippen LogP contribution < -0.4 is 4.74 Å². The molecule has 1 aliphatic heterocycles. The summed E-state index contributed by atoms with van der Waals surface area (Å²) in [6.07, 6.45) is 0. The average molecular weight is 198 g/mol. The predicted molar refractivity (Wildman–Crippen MR) is 49.4 cm³/mol. The molecule has 1 nitrogen and oxygen atoms in total. The summed E-state index contributed by atoms with van der Waals surface area (Å²) < 4.78 is 31.7. The Kier molecular flexibility index (Phi) is 2.17. The SMILES string of the molecule is CC(C)C1COc2ccc(F)c(F)c21. The fraction of sp³-hybridized carbons (Fsp3) is 0.455. The molecule has 0 spiro atoms. The first kappa shape index (κ1) is 9.44. The third-order valence-corrected chi connectivity index (χ3v) is 2.69. The van der Waals surface area contributed by atoms with Crippen LogP contribution in [0.5, 0.6) is 5.75 Å². The van der Waals surface area contributed by atoms with Gasteiger partial charge in [-0.3, -0.25) is 0 Å². The Hall–Kier alpha value is -1.12. The van der Waals surface area contributed by atoms with Gasteiger partial charge in [0.2, 0.25) is 0 Å². The Bertz CT molecular complexity index is 361. The second kappa shape index (κ2) is 3.23. The van der Waals surface area contributed by atoms with Gasteiger partial charge in [0.25, 0.3) is 0 Å². The van der Waals surface area contributed by atoms with E-state index in [2.05, 4.69) is 0 Å². The van der Waals surface area contributed by atoms with E-state index < -0.39 is 11.6 Å². The van der Waals surface area contributed by atoms with Crippen LogP contribution in [0.1, 0.15) is 25.3 Å². The minimum atomic E-state index is -0.792. The third kappa shape index (κ3) is 1.27. The predicted octanol–water partition coefficient (Wildman–Crippen LogP) is 3.10. The third-order valence-electron chi connectivity index (χ3n) is 2.69. The highest BCUT2D eigenvalue weighted by atomic mass is 19.2. The topological polar surface area (TPSA) is 9.23 Å². The van der Waals surface area contributed by atoms with E-state index in [0.29, 0.717) is 17.9 Å². The lowest BCUT2D eigenvalue weighted by Crippen LogP contribution is -2.09. The summed E-state index contributed by atoms with van der Waals surface area (Å²) in [7, 11) is 0. The summed E-state index contributed by atoms with van der Waals surface area (Å²) in [5, 5.41) is 0. The van der Waals surface area contributed by atoms with Crippen LogP contribution in [0.3, 0.4) is 0 Å². The zero-order valence-corrected chi connectivity index (χ0v) is 8.18. The van der Waals surface area contributed by atoms with Crippen LogP contribution in [0.2, 0.25) is 0 Å². The standard InChI is InChI=1S/C11H12F2O/c1-6(2)7-5-14-9-4-3-8(12)11(13)10(7)9/h3-4,6-7H,5H2,1-2H3. The van der Waals surface area contributed by atoms with Crippen molar-refractivity contribution >= 4 is 0 Å². The number of fused-ring (bicyclic) bond motifs is 1. The number of halogens is 2. The van der Waals surface area contributed by atoms with Crippen molar-refractivity contribution in [2.75, 3.05) is 6.61 Å². The molecule has 0 amide bonds. The fourth-order valence-electron chi connectivity index (χ4n) is 1.81. The molecule has 0 bridgehead atoms. The quantitative estimate of drug-likeness (QED) is 0.673. The maximum Gasteiger partial charge on any atom is 0.166 e. The van der Waals surface area contributed by atoms with Crippen LogP contribution >= 0.6 is 0 Å². The molecule has 1 atom stereocenters. The first-order valence-corrected chi connectivity index (χ1v) is 4.72. The van der Waals surface area contributed by atoms with E-state index in [0.717, 1.165) is 6.07 Å². The Morgan fingerprint density at radius 3 is 2.71 bits per heavy atom.